The van der Waals surface area contributed by atoms with Crippen molar-refractivity contribution in [3.05, 3.63) is 23.3 Å². The van der Waals surface area contributed by atoms with E-state index in [0.29, 0.717) is 5.57 Å². The number of amides is 3. The molecule has 246 valence electrons. The van der Waals surface area contributed by atoms with Crippen LogP contribution in [0.2, 0.25) is 0 Å². The Kier molecular flexibility index (Phi) is 9.36. The lowest BCUT2D eigenvalue weighted by Gasteiger charge is -2.49. The van der Waals surface area contributed by atoms with Gasteiger partial charge in [-0.1, -0.05) is 5.16 Å². The molecule has 46 heavy (non-hydrogen) atoms. The Morgan fingerprint density at radius 2 is 1.93 bits per heavy atom. The van der Waals surface area contributed by atoms with E-state index in [4.69, 9.17) is 27.8 Å². The number of anilines is 3. The maximum atomic E-state index is 13.3. The predicted molar refractivity (Wildman–Crippen MR) is 163 cm³/mol. The van der Waals surface area contributed by atoms with Gasteiger partial charge in [0.25, 0.3) is 11.8 Å². The van der Waals surface area contributed by atoms with E-state index < -0.39 is 52.4 Å². The Morgan fingerprint density at radius 3 is 2.52 bits per heavy atom. The van der Waals surface area contributed by atoms with E-state index in [1.54, 1.807) is 11.7 Å². The minimum absolute atomic E-state index is 0.0104. The van der Waals surface area contributed by atoms with Crippen LogP contribution < -0.4 is 38.3 Å². The first-order valence-corrected chi connectivity index (χ1v) is 14.8. The highest BCUT2D eigenvalue weighted by Gasteiger charge is 2.55. The summed E-state index contributed by atoms with van der Waals surface area (Å²) in [5.41, 5.74) is 20.2. The molecule has 4 rings (SSSR count). The zero-order valence-corrected chi connectivity index (χ0v) is 26.1. The molecule has 21 nitrogen and oxygen atoms in total. The number of carbonyl (C=O) groups is 5. The molecule has 0 unspecified atom stereocenters. The number of carboxylic acid groups (broad SMARTS) is 2. The third-order valence-corrected chi connectivity index (χ3v) is 8.49. The van der Waals surface area contributed by atoms with Crippen LogP contribution >= 0.6 is 23.3 Å². The second-order valence-electron chi connectivity index (χ2n) is 10.3. The third kappa shape index (κ3) is 6.78. The van der Waals surface area contributed by atoms with Crippen molar-refractivity contribution < 1.29 is 43.7 Å². The number of nitrogens with one attached hydrogen (secondary N) is 2. The minimum atomic E-state index is -1.83. The molecular weight excluding hydrogens is 650 g/mol. The molecule has 2 aromatic heterocycles. The van der Waals surface area contributed by atoms with Crippen LogP contribution in [-0.4, -0.2) is 99.8 Å². The van der Waals surface area contributed by atoms with Gasteiger partial charge in [-0.15, -0.1) is 21.1 Å². The number of aliphatic imine (C=N–C) groups is 1. The van der Waals surface area contributed by atoms with E-state index in [2.05, 4.69) is 30.1 Å². The summed E-state index contributed by atoms with van der Waals surface area (Å²) in [6.07, 6.45) is 1.49. The van der Waals surface area contributed by atoms with Crippen LogP contribution in [0.5, 0.6) is 0 Å². The van der Waals surface area contributed by atoms with E-state index in [9.17, 15) is 34.2 Å². The van der Waals surface area contributed by atoms with Crippen molar-refractivity contribution in [2.75, 3.05) is 29.1 Å². The van der Waals surface area contributed by atoms with Crippen molar-refractivity contribution in [3.63, 3.8) is 0 Å². The van der Waals surface area contributed by atoms with Crippen LogP contribution in [-0.2, 0) is 42.4 Å². The maximum Gasteiger partial charge on any atom is 0.352 e. The number of hydrogen-bond donors (Lipinski definition) is 8. The summed E-state index contributed by atoms with van der Waals surface area (Å²) in [7, 11) is 1.59. The average molecular weight is 681 g/mol. The molecule has 0 aliphatic carbocycles. The first-order chi connectivity index (χ1) is 21.5. The fourth-order valence-corrected chi connectivity index (χ4v) is 5.91. The fourth-order valence-electron chi connectivity index (χ4n) is 4.14. The molecule has 3 amide bonds. The molecule has 2 aliphatic rings. The highest BCUT2D eigenvalue weighted by Crippen LogP contribution is 2.40. The van der Waals surface area contributed by atoms with Crippen molar-refractivity contribution in [2.24, 2.45) is 28.7 Å². The number of guanidine groups is 1. The molecular formula is C23H30N13O8S2+. The summed E-state index contributed by atoms with van der Waals surface area (Å²) < 4.78 is 6.94. The van der Waals surface area contributed by atoms with Gasteiger partial charge in [-0.25, -0.2) is 14.6 Å². The SMILES string of the molecule is Cn1c(N)c(NC(=O)CN=C(N)N)c[n+]1CC1=C(C(=O)O)N2C(=O)[C@@H](NC(=O)/C(=N\OC(C)(C)C(=O)O)c3nsc(N)n3)[C@H]2SC1. The summed E-state index contributed by atoms with van der Waals surface area (Å²) in [4.78, 5) is 76.1. The quantitative estimate of drug-likeness (QED) is 0.0355. The molecule has 0 saturated carbocycles. The highest BCUT2D eigenvalue weighted by molar-refractivity contribution is 8.00. The lowest BCUT2D eigenvalue weighted by molar-refractivity contribution is -0.765. The van der Waals surface area contributed by atoms with Crippen LogP contribution in [0.25, 0.3) is 0 Å². The van der Waals surface area contributed by atoms with Gasteiger partial charge in [-0.05, 0) is 13.8 Å². The zero-order chi connectivity index (χ0) is 34.1. The van der Waals surface area contributed by atoms with Gasteiger partial charge in [0.1, 0.15) is 23.7 Å². The number of aromatic nitrogens is 4. The molecule has 2 aliphatic heterocycles. The highest BCUT2D eigenvalue weighted by atomic mass is 32.2. The molecule has 23 heteroatoms. The van der Waals surface area contributed by atoms with E-state index in [1.807, 2.05) is 0 Å². The summed E-state index contributed by atoms with van der Waals surface area (Å²) >= 11 is 1.94. The Morgan fingerprint density at radius 1 is 1.24 bits per heavy atom. The molecule has 4 heterocycles. The van der Waals surface area contributed by atoms with Gasteiger partial charge >= 0.3 is 11.9 Å². The first kappa shape index (κ1) is 33.4. The van der Waals surface area contributed by atoms with Crippen LogP contribution in [0.3, 0.4) is 0 Å². The summed E-state index contributed by atoms with van der Waals surface area (Å²) in [5.74, 6) is -5.21. The number of fused-ring (bicyclic) bond motifs is 1. The molecule has 1 fully saturated rings. The number of aliphatic carboxylic acids is 2. The third-order valence-electron chi connectivity index (χ3n) is 6.61. The number of oxime groups is 1. The fraction of sp³-hybridized carbons (Fsp3) is 0.391. The van der Waals surface area contributed by atoms with Gasteiger partial charge < -0.3 is 48.6 Å². The Bertz CT molecular complexity index is 1710. The normalized spacial score (nSPS) is 17.9. The van der Waals surface area contributed by atoms with Gasteiger partial charge in [0, 0.05) is 22.9 Å². The molecule has 12 N–H and O–H groups in total. The van der Waals surface area contributed by atoms with Gasteiger partial charge in [0.2, 0.25) is 29.2 Å². The first-order valence-electron chi connectivity index (χ1n) is 13.0. The Labute approximate surface area is 267 Å². The minimum Gasteiger partial charge on any atom is -0.478 e. The molecule has 2 aromatic rings. The number of hydrogen-bond acceptors (Lipinski definition) is 14. The Balaban J connectivity index is 1.54. The average Bonchev–Trinajstić information content (AvgIpc) is 3.52. The van der Waals surface area contributed by atoms with Crippen molar-refractivity contribution >= 4 is 81.3 Å². The van der Waals surface area contributed by atoms with E-state index in [-0.39, 0.29) is 53.0 Å². The smallest absolute Gasteiger partial charge is 0.352 e. The van der Waals surface area contributed by atoms with Crippen molar-refractivity contribution in [1.29, 1.82) is 0 Å². The molecule has 0 radical (unpaired) electrons. The summed E-state index contributed by atoms with van der Waals surface area (Å²) in [6, 6.07) is -1.17. The topological polar surface area (TPSA) is 326 Å². The van der Waals surface area contributed by atoms with Crippen molar-refractivity contribution in [3.8, 4) is 0 Å². The van der Waals surface area contributed by atoms with E-state index >= 15 is 0 Å². The monoisotopic (exact) mass is 680 g/mol. The Hall–Kier alpha value is -5.45. The van der Waals surface area contributed by atoms with Gasteiger partial charge in [-0.2, -0.15) is 9.36 Å². The van der Waals surface area contributed by atoms with E-state index in [0.717, 1.165) is 16.4 Å². The number of carbonyl (C=O) groups excluding carboxylic acids is 3. The van der Waals surface area contributed by atoms with E-state index in [1.165, 1.54) is 36.5 Å². The number of rotatable bonds is 12. The largest absolute Gasteiger partial charge is 0.478 e. The number of β-lactam (4-membered cyclic amide) rings is 1. The maximum absolute atomic E-state index is 13.3. The van der Waals surface area contributed by atoms with Crippen molar-refractivity contribution in [2.45, 2.75) is 37.4 Å². The lowest BCUT2D eigenvalue weighted by atomic mass is 10.0. The van der Waals surface area contributed by atoms with Crippen LogP contribution in [0.15, 0.2) is 27.6 Å². The zero-order valence-electron chi connectivity index (χ0n) is 24.5. The number of nitrogen functional groups attached to an aromatic ring is 2. The molecule has 2 atom stereocenters. The van der Waals surface area contributed by atoms with Gasteiger partial charge in [0.15, 0.2) is 29.1 Å². The van der Waals surface area contributed by atoms with Gasteiger partial charge in [-0.3, -0.25) is 19.3 Å². The van der Waals surface area contributed by atoms with Gasteiger partial charge in [0.05, 0.1) is 7.05 Å². The molecule has 0 aromatic carbocycles. The molecule has 0 bridgehead atoms. The number of nitrogens with zero attached hydrogens (tertiary/aromatic N) is 7. The van der Waals surface area contributed by atoms with Crippen LogP contribution in [0.1, 0.15) is 19.7 Å². The predicted octanol–water partition coefficient (Wildman–Crippen LogP) is -3.44. The summed E-state index contributed by atoms with van der Waals surface area (Å²) in [6.45, 7) is 2.05. The summed E-state index contributed by atoms with van der Waals surface area (Å²) in [5, 5.41) is 27.3. The number of thioether (sulfide) groups is 1. The van der Waals surface area contributed by atoms with Crippen LogP contribution in [0, 0.1) is 0 Å². The standard InChI is InChI=1S/C23H29N13O8S2/c1-23(2,20(42)43)44-32-11(15-31-22(27)46-33-15)16(38)30-12-17(39)36-13(19(40)41)8(7-45-18(12)36)5-35-6-9(14(24)34(35)3)29-10(37)4-28-21(25)26/h6,12,18,24H,4-5,7H2,1-3H3,(H10,25,26,27,28,29,30,31,33,37,38,40,41,42,43)/p+1/b32-11-/t12-,18-/m1/s1. The number of carboxylic acids is 2. The second kappa shape index (κ2) is 12.9. The second-order valence-corrected chi connectivity index (χ2v) is 12.1. The molecule has 1 saturated heterocycles. The van der Waals surface area contributed by atoms with Crippen LogP contribution in [0.4, 0.5) is 16.6 Å². The number of nitrogens with two attached hydrogens (primary N) is 4. The van der Waals surface area contributed by atoms with Crippen molar-refractivity contribution in [1.82, 2.24) is 24.3 Å². The molecule has 0 spiro atoms. The lowest BCUT2D eigenvalue weighted by Crippen LogP contribution is -2.71.